The van der Waals surface area contributed by atoms with E-state index in [-0.39, 0.29) is 6.04 Å². The Morgan fingerprint density at radius 1 is 1.20 bits per heavy atom. The number of para-hydroxylation sites is 1. The minimum atomic E-state index is 0.134. The first-order chi connectivity index (χ1) is 9.77. The van der Waals surface area contributed by atoms with Crippen molar-refractivity contribution in [2.75, 3.05) is 26.2 Å². The van der Waals surface area contributed by atoms with Crippen molar-refractivity contribution in [1.82, 2.24) is 10.2 Å². The molecule has 0 amide bonds. The van der Waals surface area contributed by atoms with Gasteiger partial charge in [0, 0.05) is 36.6 Å². The Morgan fingerprint density at radius 3 is 2.70 bits per heavy atom. The normalized spacial score (nSPS) is 18.1. The second-order valence-corrected chi connectivity index (χ2v) is 6.72. The number of nitrogens with zero attached hydrogens (tertiary/aromatic N) is 1. The van der Waals surface area contributed by atoms with Gasteiger partial charge in [-0.2, -0.15) is 0 Å². The molecule has 0 aliphatic carbocycles. The summed E-state index contributed by atoms with van der Waals surface area (Å²) in [4.78, 5) is 3.71. The van der Waals surface area contributed by atoms with E-state index in [1.807, 2.05) is 18.2 Å². The Hall–Kier alpha value is -0.880. The van der Waals surface area contributed by atoms with Crippen molar-refractivity contribution < 1.29 is 5.11 Å². The Morgan fingerprint density at radius 2 is 2.00 bits per heavy atom. The van der Waals surface area contributed by atoms with Crippen LogP contribution in [0.2, 0.25) is 0 Å². The summed E-state index contributed by atoms with van der Waals surface area (Å²) in [6.45, 7) is 3.98. The van der Waals surface area contributed by atoms with Gasteiger partial charge in [0.25, 0.3) is 0 Å². The highest BCUT2D eigenvalue weighted by molar-refractivity contribution is 9.10. The fourth-order valence-electron chi connectivity index (χ4n) is 2.67. The number of nitrogens with one attached hydrogen (secondary N) is 1. The topological polar surface area (TPSA) is 35.5 Å². The predicted octanol–water partition coefficient (Wildman–Crippen LogP) is 3.21. The minimum absolute atomic E-state index is 0.134. The highest BCUT2D eigenvalue weighted by Gasteiger charge is 2.27. The standard InChI is InChI=1S/C15H17BrN2OS/c16-12-4-1-3-11(15(12)19)14(13-5-2-10-20-13)18-8-6-17-7-9-18/h1-5,10,14,17,19H,6-9H2/t14-/m1/s1. The zero-order valence-corrected chi connectivity index (χ0v) is 13.5. The molecule has 3 nitrogen and oxygen atoms in total. The maximum atomic E-state index is 10.4. The predicted molar refractivity (Wildman–Crippen MR) is 86.4 cm³/mol. The first-order valence-electron chi connectivity index (χ1n) is 6.73. The number of phenols is 1. The van der Waals surface area contributed by atoms with Crippen molar-refractivity contribution in [2.45, 2.75) is 6.04 Å². The van der Waals surface area contributed by atoms with Gasteiger partial charge in [0.2, 0.25) is 0 Å². The van der Waals surface area contributed by atoms with Crippen molar-refractivity contribution in [1.29, 1.82) is 0 Å². The van der Waals surface area contributed by atoms with Crippen LogP contribution in [-0.2, 0) is 0 Å². The zero-order chi connectivity index (χ0) is 13.9. The number of aromatic hydroxyl groups is 1. The second kappa shape index (κ2) is 6.26. The van der Waals surface area contributed by atoms with Crippen LogP contribution in [0, 0.1) is 0 Å². The van der Waals surface area contributed by atoms with Gasteiger partial charge >= 0.3 is 0 Å². The van der Waals surface area contributed by atoms with Crippen LogP contribution in [-0.4, -0.2) is 36.2 Å². The van der Waals surface area contributed by atoms with E-state index in [1.165, 1.54) is 4.88 Å². The number of thiophene rings is 1. The van der Waals surface area contributed by atoms with Gasteiger partial charge in [-0.3, -0.25) is 4.90 Å². The van der Waals surface area contributed by atoms with Gasteiger partial charge in [-0.05, 0) is 33.4 Å². The molecule has 2 heterocycles. The van der Waals surface area contributed by atoms with E-state index >= 15 is 0 Å². The number of piperazine rings is 1. The Labute approximate surface area is 131 Å². The third-order valence-corrected chi connectivity index (χ3v) is 5.21. The summed E-state index contributed by atoms with van der Waals surface area (Å²) in [5, 5.41) is 15.9. The molecular weight excluding hydrogens is 336 g/mol. The van der Waals surface area contributed by atoms with Crippen LogP contribution < -0.4 is 5.32 Å². The van der Waals surface area contributed by atoms with Crippen molar-refractivity contribution in [2.24, 2.45) is 0 Å². The van der Waals surface area contributed by atoms with Crippen molar-refractivity contribution in [3.8, 4) is 5.75 Å². The molecule has 0 spiro atoms. The lowest BCUT2D eigenvalue weighted by molar-refractivity contribution is 0.198. The molecule has 5 heteroatoms. The lowest BCUT2D eigenvalue weighted by Crippen LogP contribution is -2.45. The van der Waals surface area contributed by atoms with Crippen molar-refractivity contribution in [3.05, 3.63) is 50.6 Å². The Kier molecular flexibility index (Phi) is 4.41. The number of benzene rings is 1. The van der Waals surface area contributed by atoms with Gasteiger partial charge in [0.05, 0.1) is 10.5 Å². The Balaban J connectivity index is 2.03. The summed E-state index contributed by atoms with van der Waals surface area (Å²) in [6, 6.07) is 10.2. The van der Waals surface area contributed by atoms with E-state index in [9.17, 15) is 5.11 Å². The maximum absolute atomic E-state index is 10.4. The third-order valence-electron chi connectivity index (χ3n) is 3.64. The molecule has 106 valence electrons. The van der Waals surface area contributed by atoms with E-state index < -0.39 is 0 Å². The van der Waals surface area contributed by atoms with Crippen molar-refractivity contribution >= 4 is 27.3 Å². The number of hydrogen-bond donors (Lipinski definition) is 2. The molecule has 1 aromatic heterocycles. The van der Waals surface area contributed by atoms with E-state index in [4.69, 9.17) is 0 Å². The molecule has 2 N–H and O–H groups in total. The lowest BCUT2D eigenvalue weighted by atomic mass is 10.0. The van der Waals surface area contributed by atoms with Crippen LogP contribution in [0.1, 0.15) is 16.5 Å². The molecule has 0 saturated carbocycles. The fraction of sp³-hybridized carbons (Fsp3) is 0.333. The summed E-state index contributed by atoms with van der Waals surface area (Å²) in [6.07, 6.45) is 0. The van der Waals surface area contributed by atoms with E-state index in [0.29, 0.717) is 5.75 Å². The van der Waals surface area contributed by atoms with Crippen LogP contribution in [0.15, 0.2) is 40.2 Å². The van der Waals surface area contributed by atoms with E-state index in [1.54, 1.807) is 11.3 Å². The molecule has 1 aromatic carbocycles. The van der Waals surface area contributed by atoms with Crippen LogP contribution in [0.4, 0.5) is 0 Å². The molecular formula is C15H17BrN2OS. The smallest absolute Gasteiger partial charge is 0.134 e. The molecule has 0 radical (unpaired) electrons. The highest BCUT2D eigenvalue weighted by Crippen LogP contribution is 2.39. The minimum Gasteiger partial charge on any atom is -0.506 e. The van der Waals surface area contributed by atoms with Crippen molar-refractivity contribution in [3.63, 3.8) is 0 Å². The quantitative estimate of drug-likeness (QED) is 0.890. The molecule has 1 aliphatic heterocycles. The van der Waals surface area contributed by atoms with Gasteiger partial charge in [0.1, 0.15) is 5.75 Å². The number of hydrogen-bond acceptors (Lipinski definition) is 4. The number of phenolic OH excluding ortho intramolecular Hbond substituents is 1. The monoisotopic (exact) mass is 352 g/mol. The molecule has 1 atom stereocenters. The summed E-state index contributed by atoms with van der Waals surface area (Å²) < 4.78 is 0.756. The number of rotatable bonds is 3. The first-order valence-corrected chi connectivity index (χ1v) is 8.40. The molecule has 3 rings (SSSR count). The molecule has 0 bridgehead atoms. The van der Waals surface area contributed by atoms with Gasteiger partial charge in [-0.25, -0.2) is 0 Å². The second-order valence-electron chi connectivity index (χ2n) is 4.88. The highest BCUT2D eigenvalue weighted by atomic mass is 79.9. The molecule has 20 heavy (non-hydrogen) atoms. The van der Waals surface area contributed by atoms with E-state index in [0.717, 1.165) is 36.2 Å². The van der Waals surface area contributed by atoms with Gasteiger partial charge < -0.3 is 10.4 Å². The number of halogens is 1. The summed E-state index contributed by atoms with van der Waals surface area (Å²) in [5.41, 5.74) is 0.976. The SMILES string of the molecule is Oc1c(Br)cccc1[C@H](c1cccs1)N1CCNCC1. The molecule has 2 aromatic rings. The third kappa shape index (κ3) is 2.76. The lowest BCUT2D eigenvalue weighted by Gasteiger charge is -2.35. The molecule has 1 fully saturated rings. The van der Waals surface area contributed by atoms with Crippen LogP contribution in [0.5, 0.6) is 5.75 Å². The fourth-order valence-corrected chi connectivity index (χ4v) is 3.93. The first kappa shape index (κ1) is 14.1. The molecule has 1 saturated heterocycles. The average molecular weight is 353 g/mol. The average Bonchev–Trinajstić information content (AvgIpc) is 2.99. The summed E-state index contributed by atoms with van der Waals surface area (Å²) >= 11 is 5.17. The summed E-state index contributed by atoms with van der Waals surface area (Å²) in [5.74, 6) is 0.351. The molecule has 0 unspecified atom stereocenters. The largest absolute Gasteiger partial charge is 0.506 e. The van der Waals surface area contributed by atoms with Crippen LogP contribution in [0.25, 0.3) is 0 Å². The van der Waals surface area contributed by atoms with Crippen LogP contribution >= 0.6 is 27.3 Å². The van der Waals surface area contributed by atoms with Gasteiger partial charge in [-0.15, -0.1) is 11.3 Å². The maximum Gasteiger partial charge on any atom is 0.134 e. The Bertz CT molecular complexity index is 567. The zero-order valence-electron chi connectivity index (χ0n) is 11.1. The van der Waals surface area contributed by atoms with E-state index in [2.05, 4.69) is 43.7 Å². The van der Waals surface area contributed by atoms with Gasteiger partial charge in [0.15, 0.2) is 0 Å². The van der Waals surface area contributed by atoms with Crippen LogP contribution in [0.3, 0.4) is 0 Å². The van der Waals surface area contributed by atoms with Gasteiger partial charge in [-0.1, -0.05) is 18.2 Å². The summed E-state index contributed by atoms with van der Waals surface area (Å²) in [7, 11) is 0. The molecule has 1 aliphatic rings.